The molecule has 0 aliphatic carbocycles. The van der Waals surface area contributed by atoms with Gasteiger partial charge in [0.1, 0.15) is 5.75 Å². The molecule has 1 N–H and O–H groups in total. The number of phenols is 1. The molecule has 2 rings (SSSR count). The largest absolute Gasteiger partial charge is 0.508 e. The van der Waals surface area contributed by atoms with Crippen molar-refractivity contribution in [2.45, 2.75) is 59.3 Å². The van der Waals surface area contributed by atoms with Crippen LogP contribution in [0.4, 0.5) is 0 Å². The van der Waals surface area contributed by atoms with Crippen molar-refractivity contribution in [1.82, 2.24) is 0 Å². The molecule has 0 heterocycles. The zero-order valence-corrected chi connectivity index (χ0v) is 14.6. The molecule has 22 heavy (non-hydrogen) atoms. The number of rotatable bonds is 4. The quantitative estimate of drug-likeness (QED) is 0.689. The minimum absolute atomic E-state index is 0.317. The van der Waals surface area contributed by atoms with Crippen molar-refractivity contribution in [3.8, 4) is 16.9 Å². The van der Waals surface area contributed by atoms with Crippen LogP contribution >= 0.6 is 0 Å². The van der Waals surface area contributed by atoms with Crippen molar-refractivity contribution in [2.75, 3.05) is 0 Å². The van der Waals surface area contributed by atoms with Gasteiger partial charge in [-0.2, -0.15) is 0 Å². The van der Waals surface area contributed by atoms with Crippen LogP contribution in [0.25, 0.3) is 11.1 Å². The summed E-state index contributed by atoms with van der Waals surface area (Å²) >= 11 is 0. The summed E-state index contributed by atoms with van der Waals surface area (Å²) in [6, 6.07) is 12.1. The topological polar surface area (TPSA) is 20.2 Å². The summed E-state index contributed by atoms with van der Waals surface area (Å²) in [6.45, 7) is 13.7. The highest BCUT2D eigenvalue weighted by atomic mass is 16.3. The van der Waals surface area contributed by atoms with E-state index in [1.54, 1.807) is 12.1 Å². The maximum atomic E-state index is 9.54. The monoisotopic (exact) mass is 296 g/mol. The van der Waals surface area contributed by atoms with Crippen LogP contribution in [-0.2, 0) is 0 Å². The molecule has 1 nitrogen and oxygen atoms in total. The molecule has 0 fully saturated rings. The Balaban J connectivity index is 2.75. The third kappa shape index (κ3) is 3.19. The Morgan fingerprint density at radius 2 is 1.18 bits per heavy atom. The molecular weight excluding hydrogens is 268 g/mol. The van der Waals surface area contributed by atoms with Gasteiger partial charge in [0.2, 0.25) is 0 Å². The van der Waals surface area contributed by atoms with Gasteiger partial charge in [0, 0.05) is 0 Å². The first-order chi connectivity index (χ1) is 10.3. The summed E-state index contributed by atoms with van der Waals surface area (Å²) < 4.78 is 0. The van der Waals surface area contributed by atoms with Crippen LogP contribution in [-0.4, -0.2) is 5.11 Å². The number of hydrogen-bond donors (Lipinski definition) is 1. The Kier molecular flexibility index (Phi) is 4.95. The van der Waals surface area contributed by atoms with Crippen LogP contribution in [0, 0.1) is 0 Å². The number of hydrogen-bond acceptors (Lipinski definition) is 1. The van der Waals surface area contributed by atoms with E-state index in [9.17, 15) is 5.11 Å². The van der Waals surface area contributed by atoms with Crippen molar-refractivity contribution in [1.29, 1.82) is 0 Å². The lowest BCUT2D eigenvalue weighted by molar-refractivity contribution is 0.475. The van der Waals surface area contributed by atoms with Crippen molar-refractivity contribution in [3.63, 3.8) is 0 Å². The standard InChI is InChI=1S/C21H28O/c1-13(2)18-11-12-19(16-7-9-17(22)10-8-16)21(15(5)6)20(18)14(3)4/h7-15,22H,1-6H3. The predicted octanol–water partition coefficient (Wildman–Crippen LogP) is 6.43. The van der Waals surface area contributed by atoms with E-state index in [2.05, 4.69) is 53.7 Å². The summed E-state index contributed by atoms with van der Waals surface area (Å²) in [5, 5.41) is 9.54. The van der Waals surface area contributed by atoms with Crippen molar-refractivity contribution >= 4 is 0 Å². The fraction of sp³-hybridized carbons (Fsp3) is 0.429. The summed E-state index contributed by atoms with van der Waals surface area (Å²) in [5.74, 6) is 1.83. The van der Waals surface area contributed by atoms with Crippen LogP contribution in [0.2, 0.25) is 0 Å². The van der Waals surface area contributed by atoms with Gasteiger partial charge in [-0.1, -0.05) is 65.8 Å². The molecule has 1 heteroatoms. The summed E-state index contributed by atoms with van der Waals surface area (Å²) in [6.07, 6.45) is 0. The fourth-order valence-corrected chi connectivity index (χ4v) is 3.32. The van der Waals surface area contributed by atoms with E-state index in [1.165, 1.54) is 27.8 Å². The summed E-state index contributed by atoms with van der Waals surface area (Å²) in [4.78, 5) is 0. The van der Waals surface area contributed by atoms with Gasteiger partial charge in [0.15, 0.2) is 0 Å². The van der Waals surface area contributed by atoms with Crippen LogP contribution in [0.1, 0.15) is 76.0 Å². The highest BCUT2D eigenvalue weighted by molar-refractivity contribution is 5.71. The van der Waals surface area contributed by atoms with E-state index in [1.807, 2.05) is 12.1 Å². The van der Waals surface area contributed by atoms with Crippen molar-refractivity contribution in [3.05, 3.63) is 53.1 Å². The Hall–Kier alpha value is -1.76. The molecule has 118 valence electrons. The SMILES string of the molecule is CC(C)c1ccc(-c2ccc(O)cc2)c(C(C)C)c1C(C)C. The second-order valence-corrected chi connectivity index (χ2v) is 7.04. The van der Waals surface area contributed by atoms with Crippen molar-refractivity contribution < 1.29 is 5.11 Å². The Labute approximate surface area is 135 Å². The number of phenolic OH excluding ortho intramolecular Hbond substituents is 1. The zero-order chi connectivity index (χ0) is 16.4. The molecule has 0 saturated carbocycles. The molecule has 0 atom stereocenters. The molecule has 0 unspecified atom stereocenters. The van der Waals surface area contributed by atoms with Gasteiger partial charge in [-0.3, -0.25) is 0 Å². The lowest BCUT2D eigenvalue weighted by Crippen LogP contribution is -2.07. The number of benzene rings is 2. The van der Waals surface area contributed by atoms with Gasteiger partial charge in [-0.05, 0) is 57.7 Å². The Morgan fingerprint density at radius 1 is 0.636 bits per heavy atom. The van der Waals surface area contributed by atoms with Gasteiger partial charge in [0.25, 0.3) is 0 Å². The van der Waals surface area contributed by atoms with Gasteiger partial charge in [-0.25, -0.2) is 0 Å². The minimum atomic E-state index is 0.317. The smallest absolute Gasteiger partial charge is 0.115 e. The Morgan fingerprint density at radius 3 is 1.64 bits per heavy atom. The molecule has 0 spiro atoms. The van der Waals surface area contributed by atoms with E-state index in [4.69, 9.17) is 0 Å². The second kappa shape index (κ2) is 6.56. The van der Waals surface area contributed by atoms with Gasteiger partial charge in [0.05, 0.1) is 0 Å². The molecular formula is C21H28O. The molecule has 2 aromatic carbocycles. The van der Waals surface area contributed by atoms with Crippen LogP contribution < -0.4 is 0 Å². The first-order valence-electron chi connectivity index (χ1n) is 8.29. The Bertz CT molecular complexity index is 634. The van der Waals surface area contributed by atoms with Crippen LogP contribution in [0.5, 0.6) is 5.75 Å². The predicted molar refractivity (Wildman–Crippen MR) is 95.8 cm³/mol. The third-order valence-electron chi connectivity index (χ3n) is 4.28. The lowest BCUT2D eigenvalue weighted by Gasteiger charge is -2.25. The molecule has 2 aromatic rings. The lowest BCUT2D eigenvalue weighted by atomic mass is 9.79. The van der Waals surface area contributed by atoms with E-state index in [-0.39, 0.29) is 0 Å². The van der Waals surface area contributed by atoms with Crippen LogP contribution in [0.3, 0.4) is 0 Å². The first kappa shape index (κ1) is 16.6. The molecule has 0 aliphatic rings. The van der Waals surface area contributed by atoms with E-state index in [0.29, 0.717) is 23.5 Å². The van der Waals surface area contributed by atoms with Gasteiger partial charge >= 0.3 is 0 Å². The van der Waals surface area contributed by atoms with E-state index in [0.717, 1.165) is 0 Å². The minimum Gasteiger partial charge on any atom is -0.508 e. The average Bonchev–Trinajstić information content (AvgIpc) is 2.46. The van der Waals surface area contributed by atoms with Gasteiger partial charge < -0.3 is 5.11 Å². The number of aromatic hydroxyl groups is 1. The van der Waals surface area contributed by atoms with E-state index < -0.39 is 0 Å². The summed E-state index contributed by atoms with van der Waals surface area (Å²) in [5.41, 5.74) is 6.88. The molecule has 0 radical (unpaired) electrons. The highest BCUT2D eigenvalue weighted by Gasteiger charge is 2.20. The maximum absolute atomic E-state index is 9.54. The third-order valence-corrected chi connectivity index (χ3v) is 4.28. The molecule has 0 aliphatic heterocycles. The molecule has 0 amide bonds. The van der Waals surface area contributed by atoms with E-state index >= 15 is 0 Å². The fourth-order valence-electron chi connectivity index (χ4n) is 3.32. The molecule has 0 saturated heterocycles. The zero-order valence-electron chi connectivity index (χ0n) is 14.6. The van der Waals surface area contributed by atoms with Gasteiger partial charge in [-0.15, -0.1) is 0 Å². The maximum Gasteiger partial charge on any atom is 0.115 e. The van der Waals surface area contributed by atoms with Crippen molar-refractivity contribution in [2.24, 2.45) is 0 Å². The molecule has 0 bridgehead atoms. The molecule has 0 aromatic heterocycles. The second-order valence-electron chi connectivity index (χ2n) is 7.04. The van der Waals surface area contributed by atoms with Crippen LogP contribution in [0.15, 0.2) is 36.4 Å². The first-order valence-corrected chi connectivity index (χ1v) is 8.29. The average molecular weight is 296 g/mol. The normalized spacial score (nSPS) is 11.7. The highest BCUT2D eigenvalue weighted by Crippen LogP contribution is 2.39. The summed E-state index contributed by atoms with van der Waals surface area (Å²) in [7, 11) is 0.